The van der Waals surface area contributed by atoms with Gasteiger partial charge in [0, 0.05) is 18.9 Å². The third-order valence-electron chi connectivity index (χ3n) is 3.04. The maximum Gasteiger partial charge on any atom is 0.313 e. The van der Waals surface area contributed by atoms with E-state index in [9.17, 15) is 4.79 Å². The summed E-state index contributed by atoms with van der Waals surface area (Å²) in [6, 6.07) is 8.03. The molecular formula is C15H18N2O2. The fourth-order valence-corrected chi connectivity index (χ4v) is 1.91. The number of benzene rings is 1. The smallest absolute Gasteiger partial charge is 0.313 e. The zero-order chi connectivity index (χ0) is 13.7. The Labute approximate surface area is 113 Å². The van der Waals surface area contributed by atoms with Crippen molar-refractivity contribution in [1.82, 2.24) is 9.55 Å². The van der Waals surface area contributed by atoms with Crippen LogP contribution in [0.3, 0.4) is 0 Å². The maximum absolute atomic E-state index is 11.7. The first kappa shape index (κ1) is 13.3. The molecule has 0 saturated heterocycles. The fraction of sp³-hybridized carbons (Fsp3) is 0.333. The summed E-state index contributed by atoms with van der Waals surface area (Å²) in [4.78, 5) is 15.7. The average Bonchev–Trinajstić information content (AvgIpc) is 2.92. The van der Waals surface area contributed by atoms with Crippen molar-refractivity contribution in [3.63, 3.8) is 0 Å². The van der Waals surface area contributed by atoms with Gasteiger partial charge in [-0.3, -0.25) is 4.79 Å². The average molecular weight is 258 g/mol. The molecule has 1 aromatic carbocycles. The van der Waals surface area contributed by atoms with Gasteiger partial charge in [0.25, 0.3) is 0 Å². The highest BCUT2D eigenvalue weighted by atomic mass is 16.5. The van der Waals surface area contributed by atoms with Gasteiger partial charge in [-0.05, 0) is 25.0 Å². The van der Waals surface area contributed by atoms with Crippen LogP contribution < -0.4 is 0 Å². The number of hydrogen-bond acceptors (Lipinski definition) is 3. The first-order valence-electron chi connectivity index (χ1n) is 6.42. The highest BCUT2D eigenvalue weighted by molar-refractivity contribution is 5.77. The van der Waals surface area contributed by atoms with Crippen LogP contribution in [0.5, 0.6) is 0 Å². The van der Waals surface area contributed by atoms with Crippen LogP contribution in [-0.4, -0.2) is 22.1 Å². The quantitative estimate of drug-likeness (QED) is 0.774. The third kappa shape index (κ3) is 3.44. The minimum absolute atomic E-state index is 0.176. The first-order valence-corrected chi connectivity index (χ1v) is 6.42. The van der Waals surface area contributed by atoms with Crippen molar-refractivity contribution in [2.45, 2.75) is 26.3 Å². The molecule has 0 fully saturated rings. The van der Waals surface area contributed by atoms with E-state index in [1.54, 1.807) is 12.5 Å². The number of carbonyl (C=O) groups is 1. The molecule has 1 heterocycles. The molecule has 0 radical (unpaired) electrons. The van der Waals surface area contributed by atoms with Crippen molar-refractivity contribution in [2.75, 3.05) is 6.61 Å². The van der Waals surface area contributed by atoms with E-state index >= 15 is 0 Å². The lowest BCUT2D eigenvalue weighted by molar-refractivity contribution is -0.144. The van der Waals surface area contributed by atoms with Gasteiger partial charge in [0.1, 0.15) is 0 Å². The molecule has 19 heavy (non-hydrogen) atoms. The Bertz CT molecular complexity index is 518. The number of esters is 1. The van der Waals surface area contributed by atoms with Gasteiger partial charge in [0.2, 0.25) is 0 Å². The highest BCUT2D eigenvalue weighted by Crippen LogP contribution is 2.18. The summed E-state index contributed by atoms with van der Waals surface area (Å²) in [6.45, 7) is 4.89. The van der Waals surface area contributed by atoms with Crippen LogP contribution in [-0.2, 0) is 16.1 Å². The van der Waals surface area contributed by atoms with Crippen LogP contribution in [0.1, 0.15) is 30.9 Å². The summed E-state index contributed by atoms with van der Waals surface area (Å²) < 4.78 is 7.03. The topological polar surface area (TPSA) is 44.1 Å². The third-order valence-corrected chi connectivity index (χ3v) is 3.04. The predicted molar refractivity (Wildman–Crippen MR) is 72.8 cm³/mol. The summed E-state index contributed by atoms with van der Waals surface area (Å²) >= 11 is 0. The Morgan fingerprint density at radius 3 is 2.68 bits per heavy atom. The molecule has 4 nitrogen and oxygen atoms in total. The normalized spacial score (nSPS) is 12.1. The van der Waals surface area contributed by atoms with Gasteiger partial charge in [-0.1, -0.05) is 24.3 Å². The lowest BCUT2D eigenvalue weighted by Crippen LogP contribution is -2.13. The van der Waals surface area contributed by atoms with E-state index in [1.165, 1.54) is 5.56 Å². The summed E-state index contributed by atoms with van der Waals surface area (Å²) in [5.74, 6) is -0.396. The molecule has 4 heteroatoms. The standard InChI is InChI=1S/C15H18N2O2/c1-3-19-15(18)12(2)14-6-4-13(5-7-14)10-17-9-8-16-11-17/h4-9,11-12H,3,10H2,1-2H3. The number of ether oxygens (including phenoxy) is 1. The monoisotopic (exact) mass is 258 g/mol. The molecule has 0 aliphatic heterocycles. The second-order valence-electron chi connectivity index (χ2n) is 4.45. The second-order valence-corrected chi connectivity index (χ2v) is 4.45. The molecule has 1 atom stereocenters. The fourth-order valence-electron chi connectivity index (χ4n) is 1.91. The van der Waals surface area contributed by atoms with E-state index in [0.717, 1.165) is 12.1 Å². The van der Waals surface area contributed by atoms with Crippen molar-refractivity contribution >= 4 is 5.97 Å². The molecule has 0 N–H and O–H groups in total. The van der Waals surface area contributed by atoms with Crippen molar-refractivity contribution in [1.29, 1.82) is 0 Å². The molecule has 2 aromatic rings. The van der Waals surface area contributed by atoms with Crippen molar-refractivity contribution < 1.29 is 9.53 Å². The zero-order valence-corrected chi connectivity index (χ0v) is 11.2. The Morgan fingerprint density at radius 2 is 2.11 bits per heavy atom. The van der Waals surface area contributed by atoms with Gasteiger partial charge in [-0.2, -0.15) is 0 Å². The largest absolute Gasteiger partial charge is 0.466 e. The molecule has 0 amide bonds. The number of nitrogens with zero attached hydrogens (tertiary/aromatic N) is 2. The molecule has 0 saturated carbocycles. The van der Waals surface area contributed by atoms with Gasteiger partial charge >= 0.3 is 5.97 Å². The number of imidazole rings is 1. The SMILES string of the molecule is CCOC(=O)C(C)c1ccc(Cn2ccnc2)cc1. The van der Waals surface area contributed by atoms with Gasteiger partial charge in [0.15, 0.2) is 0 Å². The molecule has 0 aliphatic rings. The van der Waals surface area contributed by atoms with Gasteiger partial charge in [0.05, 0.1) is 18.9 Å². The minimum atomic E-state index is -0.220. The van der Waals surface area contributed by atoms with Crippen LogP contribution in [0.15, 0.2) is 43.0 Å². The van der Waals surface area contributed by atoms with E-state index in [4.69, 9.17) is 4.74 Å². The van der Waals surface area contributed by atoms with E-state index in [-0.39, 0.29) is 11.9 Å². The van der Waals surface area contributed by atoms with E-state index in [0.29, 0.717) is 6.61 Å². The Balaban J connectivity index is 2.03. The van der Waals surface area contributed by atoms with E-state index < -0.39 is 0 Å². The van der Waals surface area contributed by atoms with Crippen LogP contribution in [0.25, 0.3) is 0 Å². The van der Waals surface area contributed by atoms with Gasteiger partial charge in [-0.25, -0.2) is 4.98 Å². The maximum atomic E-state index is 11.7. The zero-order valence-electron chi connectivity index (χ0n) is 11.2. The summed E-state index contributed by atoms with van der Waals surface area (Å²) in [6.07, 6.45) is 5.47. The molecular weight excluding hydrogens is 240 g/mol. The molecule has 2 rings (SSSR count). The van der Waals surface area contributed by atoms with Crippen LogP contribution in [0, 0.1) is 0 Å². The molecule has 0 aliphatic carbocycles. The van der Waals surface area contributed by atoms with Crippen LogP contribution >= 0.6 is 0 Å². The van der Waals surface area contributed by atoms with E-state index in [2.05, 4.69) is 4.98 Å². The predicted octanol–water partition coefficient (Wildman–Crippen LogP) is 2.60. The highest BCUT2D eigenvalue weighted by Gasteiger charge is 2.15. The summed E-state index contributed by atoms with van der Waals surface area (Å²) in [5, 5.41) is 0. The number of hydrogen-bond donors (Lipinski definition) is 0. The second kappa shape index (κ2) is 6.18. The Morgan fingerprint density at radius 1 is 1.37 bits per heavy atom. The van der Waals surface area contributed by atoms with Gasteiger partial charge in [-0.15, -0.1) is 0 Å². The van der Waals surface area contributed by atoms with Gasteiger partial charge < -0.3 is 9.30 Å². The Hall–Kier alpha value is -2.10. The number of carbonyl (C=O) groups excluding carboxylic acids is 1. The van der Waals surface area contributed by atoms with Crippen LogP contribution in [0.4, 0.5) is 0 Å². The van der Waals surface area contributed by atoms with E-state index in [1.807, 2.05) is 48.9 Å². The van der Waals surface area contributed by atoms with Crippen molar-refractivity contribution in [3.8, 4) is 0 Å². The minimum Gasteiger partial charge on any atom is -0.466 e. The molecule has 1 aromatic heterocycles. The first-order chi connectivity index (χ1) is 9.20. The number of rotatable bonds is 5. The molecule has 1 unspecified atom stereocenters. The lowest BCUT2D eigenvalue weighted by Gasteiger charge is -2.11. The lowest BCUT2D eigenvalue weighted by atomic mass is 10.00. The molecule has 0 bridgehead atoms. The number of aromatic nitrogens is 2. The molecule has 0 spiro atoms. The summed E-state index contributed by atoms with van der Waals surface area (Å²) in [5.41, 5.74) is 2.16. The molecule has 100 valence electrons. The van der Waals surface area contributed by atoms with Crippen molar-refractivity contribution in [3.05, 3.63) is 54.1 Å². The summed E-state index contributed by atoms with van der Waals surface area (Å²) in [7, 11) is 0. The van der Waals surface area contributed by atoms with Crippen LogP contribution in [0.2, 0.25) is 0 Å². The van der Waals surface area contributed by atoms with Crippen molar-refractivity contribution in [2.24, 2.45) is 0 Å². The Kier molecular flexibility index (Phi) is 4.34.